The van der Waals surface area contributed by atoms with Crippen LogP contribution in [-0.2, 0) is 0 Å². The highest BCUT2D eigenvalue weighted by molar-refractivity contribution is 6.48. The van der Waals surface area contributed by atoms with Gasteiger partial charge in [0.2, 0.25) is 0 Å². The highest BCUT2D eigenvalue weighted by Gasteiger charge is 2.34. The van der Waals surface area contributed by atoms with Crippen molar-refractivity contribution in [3.63, 3.8) is 0 Å². The summed E-state index contributed by atoms with van der Waals surface area (Å²) in [5.74, 6) is -0.505. The highest BCUT2D eigenvalue weighted by Crippen LogP contribution is 2.32. The summed E-state index contributed by atoms with van der Waals surface area (Å²) in [6.45, 7) is 0.0521. The molecule has 0 aromatic carbocycles. The largest absolute Gasteiger partial charge is 0.388 e. The molecule has 8 heteroatoms. The molecular formula is C10H9Cl3N2O3. The maximum Gasteiger partial charge on any atom is 0.274 e. The minimum atomic E-state index is -0.963. The van der Waals surface area contributed by atoms with E-state index in [4.69, 9.17) is 34.8 Å². The molecule has 0 bridgehead atoms. The number of carbonyl (C=O) groups is 1. The highest BCUT2D eigenvalue weighted by atomic mass is 35.5. The SMILES string of the molecule is O=C(c1ncc(Cl)c(Cl)c1Cl)N1CC(O)C(O)C1. The van der Waals surface area contributed by atoms with E-state index in [1.165, 1.54) is 11.1 Å². The molecule has 1 aromatic heterocycles. The molecule has 2 atom stereocenters. The first-order chi connectivity index (χ1) is 8.41. The molecule has 1 aliphatic heterocycles. The quantitative estimate of drug-likeness (QED) is 0.818. The van der Waals surface area contributed by atoms with E-state index in [-0.39, 0.29) is 33.9 Å². The van der Waals surface area contributed by atoms with Crippen LogP contribution in [0.25, 0.3) is 0 Å². The Kier molecular flexibility index (Phi) is 3.99. The molecule has 1 aromatic rings. The lowest BCUT2D eigenvalue weighted by Crippen LogP contribution is -2.30. The van der Waals surface area contributed by atoms with Crippen LogP contribution in [0.5, 0.6) is 0 Å². The molecule has 1 fully saturated rings. The van der Waals surface area contributed by atoms with E-state index in [0.717, 1.165) is 0 Å². The van der Waals surface area contributed by atoms with E-state index in [1.807, 2.05) is 0 Å². The zero-order valence-corrected chi connectivity index (χ0v) is 11.2. The first-order valence-corrected chi connectivity index (χ1v) is 6.20. The van der Waals surface area contributed by atoms with Crippen molar-refractivity contribution < 1.29 is 15.0 Å². The molecule has 2 unspecified atom stereocenters. The molecule has 2 N–H and O–H groups in total. The van der Waals surface area contributed by atoms with Crippen LogP contribution in [0.4, 0.5) is 0 Å². The van der Waals surface area contributed by atoms with Gasteiger partial charge in [0.15, 0.2) is 0 Å². The molecular weight excluding hydrogens is 302 g/mol. The van der Waals surface area contributed by atoms with E-state index in [2.05, 4.69) is 4.98 Å². The fourth-order valence-electron chi connectivity index (χ4n) is 1.68. The minimum absolute atomic E-state index is 0.0260. The van der Waals surface area contributed by atoms with Crippen molar-refractivity contribution in [1.82, 2.24) is 9.88 Å². The topological polar surface area (TPSA) is 73.7 Å². The monoisotopic (exact) mass is 310 g/mol. The fraction of sp³-hybridized carbons (Fsp3) is 0.400. The summed E-state index contributed by atoms with van der Waals surface area (Å²) in [5.41, 5.74) is -0.0487. The Labute approximate surface area is 118 Å². The van der Waals surface area contributed by atoms with Gasteiger partial charge >= 0.3 is 0 Å². The summed E-state index contributed by atoms with van der Waals surface area (Å²) in [4.78, 5) is 17.2. The van der Waals surface area contributed by atoms with Gasteiger partial charge in [-0.2, -0.15) is 0 Å². The number of aliphatic hydroxyl groups excluding tert-OH is 2. The van der Waals surface area contributed by atoms with E-state index >= 15 is 0 Å². The zero-order valence-electron chi connectivity index (χ0n) is 8.98. The number of aliphatic hydroxyl groups is 2. The van der Waals surface area contributed by atoms with Gasteiger partial charge < -0.3 is 15.1 Å². The predicted molar refractivity (Wildman–Crippen MR) is 67.2 cm³/mol. The van der Waals surface area contributed by atoms with Crippen molar-refractivity contribution in [1.29, 1.82) is 0 Å². The predicted octanol–water partition coefficient (Wildman–Crippen LogP) is 1.22. The Balaban J connectivity index is 2.28. The number of amides is 1. The van der Waals surface area contributed by atoms with E-state index in [1.54, 1.807) is 0 Å². The lowest BCUT2D eigenvalue weighted by atomic mass is 10.3. The first kappa shape index (κ1) is 13.8. The maximum absolute atomic E-state index is 12.1. The third-order valence-corrected chi connectivity index (χ3v) is 3.91. The van der Waals surface area contributed by atoms with Crippen LogP contribution in [-0.4, -0.2) is 51.3 Å². The molecule has 1 saturated heterocycles. The first-order valence-electron chi connectivity index (χ1n) is 5.06. The molecule has 0 radical (unpaired) electrons. The molecule has 1 amide bonds. The second-order valence-electron chi connectivity index (χ2n) is 3.93. The Hall–Kier alpha value is -0.590. The summed E-state index contributed by atoms with van der Waals surface area (Å²) in [6, 6.07) is 0. The van der Waals surface area contributed by atoms with E-state index in [0.29, 0.717) is 0 Å². The van der Waals surface area contributed by atoms with Gasteiger partial charge in [-0.05, 0) is 0 Å². The molecule has 98 valence electrons. The van der Waals surface area contributed by atoms with Crippen molar-refractivity contribution in [3.05, 3.63) is 27.0 Å². The van der Waals surface area contributed by atoms with Crippen LogP contribution in [0, 0.1) is 0 Å². The van der Waals surface area contributed by atoms with E-state index in [9.17, 15) is 15.0 Å². The van der Waals surface area contributed by atoms with E-state index < -0.39 is 18.1 Å². The van der Waals surface area contributed by atoms with Gasteiger partial charge in [-0.3, -0.25) is 4.79 Å². The van der Waals surface area contributed by atoms with Gasteiger partial charge in [0.1, 0.15) is 5.69 Å². The number of halogens is 3. The maximum atomic E-state index is 12.1. The lowest BCUT2D eigenvalue weighted by Gasteiger charge is -2.15. The van der Waals surface area contributed by atoms with Gasteiger partial charge in [-0.25, -0.2) is 4.98 Å². The summed E-state index contributed by atoms with van der Waals surface area (Å²) in [6.07, 6.45) is -0.697. The molecule has 0 spiro atoms. The number of nitrogens with zero attached hydrogens (tertiary/aromatic N) is 2. The average Bonchev–Trinajstić information content (AvgIpc) is 2.66. The Morgan fingerprint density at radius 1 is 1.22 bits per heavy atom. The van der Waals surface area contributed by atoms with Crippen molar-refractivity contribution >= 4 is 40.7 Å². The molecule has 1 aliphatic rings. The summed E-state index contributed by atoms with van der Waals surface area (Å²) < 4.78 is 0. The van der Waals surface area contributed by atoms with Gasteiger partial charge in [0.25, 0.3) is 5.91 Å². The number of hydrogen-bond acceptors (Lipinski definition) is 4. The number of pyridine rings is 1. The lowest BCUT2D eigenvalue weighted by molar-refractivity contribution is 0.0572. The molecule has 2 heterocycles. The fourth-order valence-corrected chi connectivity index (χ4v) is 2.24. The number of β-amino-alcohol motifs (C(OH)–C–C–N with tert-alkyl or cyclic N) is 2. The Bertz CT molecular complexity index is 488. The molecule has 2 rings (SSSR count). The Morgan fingerprint density at radius 2 is 1.78 bits per heavy atom. The van der Waals surface area contributed by atoms with Crippen LogP contribution in [0.2, 0.25) is 15.1 Å². The second kappa shape index (κ2) is 5.19. The van der Waals surface area contributed by atoms with Crippen LogP contribution < -0.4 is 0 Å². The normalized spacial score (nSPS) is 23.5. The third kappa shape index (κ3) is 2.41. The standard InChI is InChI=1S/C10H9Cl3N2O3/c11-4-1-14-9(8(13)7(4)12)10(18)15-2-5(16)6(17)3-15/h1,5-6,16-17H,2-3H2. The van der Waals surface area contributed by atoms with Crippen LogP contribution >= 0.6 is 34.8 Å². The average molecular weight is 312 g/mol. The molecule has 18 heavy (non-hydrogen) atoms. The summed E-state index contributed by atoms with van der Waals surface area (Å²) in [5, 5.41) is 18.9. The molecule has 0 aliphatic carbocycles. The summed E-state index contributed by atoms with van der Waals surface area (Å²) >= 11 is 17.4. The van der Waals surface area contributed by atoms with Crippen LogP contribution in [0.3, 0.4) is 0 Å². The zero-order chi connectivity index (χ0) is 13.4. The van der Waals surface area contributed by atoms with Gasteiger partial charge in [-0.1, -0.05) is 34.8 Å². The van der Waals surface area contributed by atoms with Crippen LogP contribution in [0.15, 0.2) is 6.20 Å². The van der Waals surface area contributed by atoms with Gasteiger partial charge in [0.05, 0.1) is 27.3 Å². The van der Waals surface area contributed by atoms with Crippen molar-refractivity contribution in [3.8, 4) is 0 Å². The number of rotatable bonds is 1. The van der Waals surface area contributed by atoms with Crippen molar-refractivity contribution in [2.45, 2.75) is 12.2 Å². The number of carbonyl (C=O) groups excluding carboxylic acids is 1. The van der Waals surface area contributed by atoms with Gasteiger partial charge in [0, 0.05) is 19.3 Å². The molecule has 5 nitrogen and oxygen atoms in total. The number of likely N-dealkylation sites (tertiary alicyclic amines) is 1. The van der Waals surface area contributed by atoms with Crippen molar-refractivity contribution in [2.75, 3.05) is 13.1 Å². The second-order valence-corrected chi connectivity index (χ2v) is 5.09. The minimum Gasteiger partial charge on any atom is -0.388 e. The number of hydrogen-bond donors (Lipinski definition) is 2. The molecule has 0 saturated carbocycles. The Morgan fingerprint density at radius 3 is 2.33 bits per heavy atom. The summed E-state index contributed by atoms with van der Waals surface area (Å²) in [7, 11) is 0. The van der Waals surface area contributed by atoms with Crippen molar-refractivity contribution in [2.24, 2.45) is 0 Å². The third-order valence-electron chi connectivity index (χ3n) is 2.67. The van der Waals surface area contributed by atoms with Crippen LogP contribution in [0.1, 0.15) is 10.5 Å². The number of aromatic nitrogens is 1. The smallest absolute Gasteiger partial charge is 0.274 e. The van der Waals surface area contributed by atoms with Gasteiger partial charge in [-0.15, -0.1) is 0 Å².